The van der Waals surface area contributed by atoms with Crippen molar-refractivity contribution >= 4 is 34.7 Å². The molecule has 0 N–H and O–H groups in total. The van der Waals surface area contributed by atoms with Crippen LogP contribution in [0.1, 0.15) is 43.6 Å². The second-order valence-corrected chi connectivity index (χ2v) is 8.37. The number of carbonyl (C=O) groups excluding carboxylic acids is 2. The van der Waals surface area contributed by atoms with Crippen LogP contribution in [-0.4, -0.2) is 34.0 Å². The van der Waals surface area contributed by atoms with Gasteiger partial charge in [0.1, 0.15) is 5.76 Å². The number of ketones is 1. The molecule has 0 unspecified atom stereocenters. The topological polar surface area (TPSA) is 76.3 Å². The number of aromatic nitrogens is 2. The molecule has 4 heterocycles. The van der Waals surface area contributed by atoms with Crippen LogP contribution in [0.2, 0.25) is 0 Å². The predicted molar refractivity (Wildman–Crippen MR) is 109 cm³/mol. The Hall–Kier alpha value is -2.41. The van der Waals surface area contributed by atoms with E-state index in [4.69, 9.17) is 4.42 Å². The molecular weight excluding hydrogens is 374 g/mol. The lowest BCUT2D eigenvalue weighted by Gasteiger charge is -2.32. The first-order chi connectivity index (χ1) is 13.7. The van der Waals surface area contributed by atoms with Crippen LogP contribution in [0.4, 0.5) is 5.95 Å². The summed E-state index contributed by atoms with van der Waals surface area (Å²) in [7, 11) is 0. The molecule has 146 valence electrons. The molecular formula is C21H23N3O3S. The van der Waals surface area contributed by atoms with E-state index in [9.17, 15) is 9.59 Å². The van der Waals surface area contributed by atoms with E-state index in [0.29, 0.717) is 16.5 Å². The third-order valence-corrected chi connectivity index (χ3v) is 6.20. The number of thioether (sulfide) groups is 1. The number of hydrogen-bond donors (Lipinski definition) is 0. The number of nitrogens with zero attached hydrogens (tertiary/aromatic N) is 3. The molecule has 0 aliphatic carbocycles. The monoisotopic (exact) mass is 397 g/mol. The summed E-state index contributed by atoms with van der Waals surface area (Å²) < 4.78 is 5.40. The van der Waals surface area contributed by atoms with Crippen molar-refractivity contribution in [3.63, 3.8) is 0 Å². The fourth-order valence-corrected chi connectivity index (χ4v) is 4.53. The number of anilines is 1. The highest BCUT2D eigenvalue weighted by molar-refractivity contribution is 8.18. The van der Waals surface area contributed by atoms with Gasteiger partial charge >= 0.3 is 0 Å². The van der Waals surface area contributed by atoms with Crippen molar-refractivity contribution < 1.29 is 14.0 Å². The van der Waals surface area contributed by atoms with E-state index < -0.39 is 0 Å². The van der Waals surface area contributed by atoms with Crippen molar-refractivity contribution in [3.8, 4) is 0 Å². The van der Waals surface area contributed by atoms with Gasteiger partial charge in [0.05, 0.1) is 23.3 Å². The molecule has 0 amide bonds. The molecule has 7 heteroatoms. The summed E-state index contributed by atoms with van der Waals surface area (Å²) in [4.78, 5) is 34.9. The van der Waals surface area contributed by atoms with Gasteiger partial charge in [0, 0.05) is 25.7 Å². The first kappa shape index (κ1) is 18.9. The van der Waals surface area contributed by atoms with Crippen molar-refractivity contribution in [1.29, 1.82) is 0 Å². The second kappa shape index (κ2) is 8.73. The summed E-state index contributed by atoms with van der Waals surface area (Å²) in [5, 5.41) is -0.0975. The van der Waals surface area contributed by atoms with E-state index in [1.54, 1.807) is 24.6 Å². The molecule has 0 aromatic carbocycles. The largest absolute Gasteiger partial charge is 0.469 e. The lowest BCUT2D eigenvalue weighted by molar-refractivity contribution is -0.119. The molecule has 2 aromatic rings. The fourth-order valence-electron chi connectivity index (χ4n) is 3.71. The molecule has 4 rings (SSSR count). The maximum Gasteiger partial charge on any atom is 0.225 e. The highest BCUT2D eigenvalue weighted by Gasteiger charge is 2.26. The Morgan fingerprint density at radius 1 is 1.25 bits per heavy atom. The van der Waals surface area contributed by atoms with Crippen LogP contribution in [-0.2, 0) is 16.0 Å². The van der Waals surface area contributed by atoms with Crippen LogP contribution < -0.4 is 4.90 Å². The number of furan rings is 1. The Balaban J connectivity index is 1.30. The van der Waals surface area contributed by atoms with E-state index >= 15 is 0 Å². The highest BCUT2D eigenvalue weighted by atomic mass is 32.2. The molecule has 2 aliphatic heterocycles. The van der Waals surface area contributed by atoms with Crippen molar-refractivity contribution in [2.24, 2.45) is 5.92 Å². The van der Waals surface area contributed by atoms with E-state index in [1.807, 2.05) is 12.1 Å². The lowest BCUT2D eigenvalue weighted by atomic mass is 9.91. The zero-order valence-electron chi connectivity index (χ0n) is 15.7. The van der Waals surface area contributed by atoms with Crippen molar-refractivity contribution in [1.82, 2.24) is 9.97 Å². The third kappa shape index (κ3) is 4.70. The maximum atomic E-state index is 11.8. The maximum absolute atomic E-state index is 11.8. The van der Waals surface area contributed by atoms with Crippen LogP contribution in [0.25, 0.3) is 6.08 Å². The molecule has 2 aliphatic rings. The molecule has 2 aromatic heterocycles. The second-order valence-electron chi connectivity index (χ2n) is 7.27. The average Bonchev–Trinajstić information content (AvgIpc) is 3.32. The molecule has 2 saturated heterocycles. The van der Waals surface area contributed by atoms with Gasteiger partial charge in [0.2, 0.25) is 11.1 Å². The van der Waals surface area contributed by atoms with Gasteiger partial charge in [-0.15, -0.1) is 0 Å². The minimum atomic E-state index is -0.120. The minimum absolute atomic E-state index is 0.0120. The average molecular weight is 398 g/mol. The van der Waals surface area contributed by atoms with E-state index in [-0.39, 0.29) is 17.3 Å². The van der Waals surface area contributed by atoms with Gasteiger partial charge in [-0.3, -0.25) is 9.59 Å². The Morgan fingerprint density at radius 2 is 2.11 bits per heavy atom. The van der Waals surface area contributed by atoms with Gasteiger partial charge in [-0.2, -0.15) is 0 Å². The van der Waals surface area contributed by atoms with Crippen LogP contribution in [0.15, 0.2) is 40.0 Å². The first-order valence-electron chi connectivity index (χ1n) is 9.73. The van der Waals surface area contributed by atoms with Crippen molar-refractivity contribution in [2.45, 2.75) is 38.5 Å². The summed E-state index contributed by atoms with van der Waals surface area (Å²) in [6, 6.07) is 5.75. The first-order valence-corrected chi connectivity index (χ1v) is 10.5. The number of piperidine rings is 1. The Morgan fingerprint density at radius 3 is 2.82 bits per heavy atom. The van der Waals surface area contributed by atoms with Crippen molar-refractivity contribution in [2.75, 3.05) is 18.0 Å². The van der Waals surface area contributed by atoms with Gasteiger partial charge in [-0.1, -0.05) is 0 Å². The zero-order chi connectivity index (χ0) is 19.3. The molecule has 0 radical (unpaired) electrons. The van der Waals surface area contributed by atoms with Gasteiger partial charge in [0.25, 0.3) is 0 Å². The quantitative estimate of drug-likeness (QED) is 0.541. The molecule has 0 saturated carbocycles. The van der Waals surface area contributed by atoms with Gasteiger partial charge in [-0.05, 0) is 67.6 Å². The minimum Gasteiger partial charge on any atom is -0.469 e. The van der Waals surface area contributed by atoms with E-state index in [2.05, 4.69) is 14.9 Å². The standard InChI is InChI=1S/C21H23N3O3S/c25-18-14-20(26)28-19(18)13-16-6-9-22-21(23-16)24-10-7-15(8-11-24)3-1-4-17-5-2-12-27-17/h2,5-6,9,12-13,15H,1,3-4,7-8,10-11,14H2/b19-13-. The van der Waals surface area contributed by atoms with Crippen molar-refractivity contribution in [3.05, 3.63) is 47.0 Å². The highest BCUT2D eigenvalue weighted by Crippen LogP contribution is 2.30. The smallest absolute Gasteiger partial charge is 0.225 e. The number of Topliss-reactive ketones (excluding diaryl/α,β-unsaturated/α-hetero) is 1. The summed E-state index contributed by atoms with van der Waals surface area (Å²) >= 11 is 1.01. The molecule has 0 spiro atoms. The predicted octanol–water partition coefficient (Wildman–Crippen LogP) is 3.88. The lowest BCUT2D eigenvalue weighted by Crippen LogP contribution is -2.35. The van der Waals surface area contributed by atoms with Gasteiger partial charge in [-0.25, -0.2) is 9.97 Å². The molecule has 0 atom stereocenters. The Bertz CT molecular complexity index is 871. The van der Waals surface area contributed by atoms with Crippen LogP contribution >= 0.6 is 11.8 Å². The van der Waals surface area contributed by atoms with Gasteiger partial charge in [0.15, 0.2) is 5.78 Å². The Kier molecular flexibility index (Phi) is 5.90. The van der Waals surface area contributed by atoms with Crippen LogP contribution in [0.5, 0.6) is 0 Å². The van der Waals surface area contributed by atoms with E-state index in [0.717, 1.165) is 62.2 Å². The molecule has 28 heavy (non-hydrogen) atoms. The normalized spacial score (nSPS) is 19.7. The van der Waals surface area contributed by atoms with Gasteiger partial charge < -0.3 is 9.32 Å². The third-order valence-electron chi connectivity index (χ3n) is 5.26. The van der Waals surface area contributed by atoms with Crippen LogP contribution in [0.3, 0.4) is 0 Å². The SMILES string of the molecule is O=C1CC(=O)/C(=C/c2ccnc(N3CCC(CCCc4ccco4)CC3)n2)S1. The van der Waals surface area contributed by atoms with Crippen LogP contribution in [0, 0.1) is 5.92 Å². The zero-order valence-corrected chi connectivity index (χ0v) is 16.5. The fraction of sp³-hybridized carbons (Fsp3) is 0.429. The number of hydrogen-bond acceptors (Lipinski definition) is 7. The molecule has 6 nitrogen and oxygen atoms in total. The van der Waals surface area contributed by atoms with E-state index in [1.165, 1.54) is 6.42 Å². The number of carbonyl (C=O) groups is 2. The summed E-state index contributed by atoms with van der Waals surface area (Å²) in [6.07, 6.45) is 10.8. The number of allylic oxidation sites excluding steroid dienone is 1. The summed E-state index contributed by atoms with van der Waals surface area (Å²) in [6.45, 7) is 1.88. The number of aryl methyl sites for hydroxylation is 1. The molecule has 0 bridgehead atoms. The summed E-state index contributed by atoms with van der Waals surface area (Å²) in [5.74, 6) is 2.38. The molecule has 2 fully saturated rings. The Labute approximate surface area is 168 Å². The summed E-state index contributed by atoms with van der Waals surface area (Å²) in [5.41, 5.74) is 0.677. The number of rotatable bonds is 6.